The Morgan fingerprint density at radius 1 is 1.35 bits per heavy atom. The van der Waals surface area contributed by atoms with Crippen LogP contribution in [0, 0.1) is 0 Å². The summed E-state index contributed by atoms with van der Waals surface area (Å²) in [6, 6.07) is 7.86. The number of carboxylic acid groups (broad SMARTS) is 1. The monoisotopic (exact) mass is 303 g/mol. The minimum atomic E-state index is -1.01. The predicted molar refractivity (Wildman–Crippen MR) is 77.5 cm³/mol. The molecule has 0 aliphatic rings. The molecule has 0 aliphatic heterocycles. The van der Waals surface area contributed by atoms with E-state index < -0.39 is 18.0 Å². The molecule has 5 nitrogen and oxygen atoms in total. The summed E-state index contributed by atoms with van der Waals surface area (Å²) in [6.07, 6.45) is 1.24. The normalized spacial score (nSPS) is 12.0. The van der Waals surface area contributed by atoms with Crippen LogP contribution in [0.5, 0.6) is 0 Å². The molecular formula is C14H18KNO4. The van der Waals surface area contributed by atoms with Gasteiger partial charge in [-0.15, -0.1) is 0 Å². The van der Waals surface area contributed by atoms with E-state index in [0.29, 0.717) is 11.3 Å². The Hall–Kier alpha value is -0.664. The number of hydrogen-bond donors (Lipinski definition) is 2. The second-order valence-corrected chi connectivity index (χ2v) is 3.91. The minimum absolute atomic E-state index is 0. The summed E-state index contributed by atoms with van der Waals surface area (Å²) >= 11 is 0. The van der Waals surface area contributed by atoms with Crippen LogP contribution in [0.2, 0.25) is 0 Å². The zero-order valence-electron chi connectivity index (χ0n) is 10.9. The van der Waals surface area contributed by atoms with Gasteiger partial charge in [0, 0.05) is 11.8 Å². The first-order valence-corrected chi connectivity index (χ1v) is 5.94. The van der Waals surface area contributed by atoms with Gasteiger partial charge in [-0.25, -0.2) is 9.59 Å². The summed E-state index contributed by atoms with van der Waals surface area (Å²) in [5, 5.41) is 12.0. The van der Waals surface area contributed by atoms with Gasteiger partial charge in [-0.2, -0.15) is 0 Å². The first kappa shape index (κ1) is 19.3. The van der Waals surface area contributed by atoms with Gasteiger partial charge in [0.2, 0.25) is 0 Å². The molecule has 1 unspecified atom stereocenters. The molecule has 0 amide bonds. The summed E-state index contributed by atoms with van der Waals surface area (Å²) in [5.41, 5.74) is 1.06. The Kier molecular flexibility index (Phi) is 9.78. The predicted octanol–water partition coefficient (Wildman–Crippen LogP) is 1.22. The molecule has 1 aromatic carbocycles. The molecule has 104 valence electrons. The van der Waals surface area contributed by atoms with Crippen LogP contribution in [-0.2, 0) is 14.3 Å². The zero-order valence-corrected chi connectivity index (χ0v) is 10.9. The van der Waals surface area contributed by atoms with Crippen LogP contribution in [0.1, 0.15) is 25.5 Å². The summed E-state index contributed by atoms with van der Waals surface area (Å²) in [4.78, 5) is 22.5. The Morgan fingerprint density at radius 3 is 2.45 bits per heavy atom. The number of carbonyl (C=O) groups is 2. The van der Waals surface area contributed by atoms with Crippen molar-refractivity contribution in [3.8, 4) is 0 Å². The van der Waals surface area contributed by atoms with E-state index in [-0.39, 0.29) is 58.0 Å². The van der Waals surface area contributed by atoms with E-state index in [4.69, 9.17) is 4.74 Å². The molecule has 1 atom stereocenters. The fourth-order valence-corrected chi connectivity index (χ4v) is 1.56. The van der Waals surface area contributed by atoms with Crippen molar-refractivity contribution in [1.29, 1.82) is 0 Å². The van der Waals surface area contributed by atoms with Crippen LogP contribution in [0.4, 0.5) is 0 Å². The SMILES string of the molecule is CCOC(=O)C=C(C)NC(C(=O)O)c1ccccc1.[KH]. The molecule has 6 heteroatoms. The maximum absolute atomic E-state index is 11.3. The molecule has 1 aromatic rings. The van der Waals surface area contributed by atoms with E-state index in [1.54, 1.807) is 38.1 Å². The Bertz CT molecular complexity index is 473. The van der Waals surface area contributed by atoms with Gasteiger partial charge in [0.05, 0.1) is 6.61 Å². The van der Waals surface area contributed by atoms with Crippen LogP contribution in [0.3, 0.4) is 0 Å². The fourth-order valence-electron chi connectivity index (χ4n) is 1.56. The number of ether oxygens (including phenoxy) is 1. The quantitative estimate of drug-likeness (QED) is 0.469. The van der Waals surface area contributed by atoms with Gasteiger partial charge in [0.25, 0.3) is 0 Å². The summed E-state index contributed by atoms with van der Waals surface area (Å²) in [6.45, 7) is 3.61. The van der Waals surface area contributed by atoms with Crippen molar-refractivity contribution in [2.45, 2.75) is 19.9 Å². The molecule has 0 fully saturated rings. The van der Waals surface area contributed by atoms with Crippen LogP contribution in [0.25, 0.3) is 0 Å². The van der Waals surface area contributed by atoms with Crippen molar-refractivity contribution in [3.63, 3.8) is 0 Å². The Labute approximate surface area is 160 Å². The second kappa shape index (κ2) is 10.1. The third-order valence-corrected chi connectivity index (χ3v) is 2.37. The molecule has 0 radical (unpaired) electrons. The third-order valence-electron chi connectivity index (χ3n) is 2.37. The van der Waals surface area contributed by atoms with E-state index in [2.05, 4.69) is 5.32 Å². The van der Waals surface area contributed by atoms with Crippen LogP contribution in [0.15, 0.2) is 42.1 Å². The zero-order chi connectivity index (χ0) is 14.3. The van der Waals surface area contributed by atoms with E-state index in [0.717, 1.165) is 0 Å². The van der Waals surface area contributed by atoms with Crippen molar-refractivity contribution in [2.24, 2.45) is 0 Å². The standard InChI is InChI=1S/C14H17NO4.K.H/c1-3-19-12(16)9-10(2)15-13(14(17)18)11-7-5-4-6-8-11;;/h4-9,13,15H,3H2,1-2H3,(H,17,18);;. The number of allylic oxidation sites excluding steroid dienone is 1. The van der Waals surface area contributed by atoms with Gasteiger partial charge in [0.15, 0.2) is 0 Å². The van der Waals surface area contributed by atoms with Gasteiger partial charge in [-0.05, 0) is 19.4 Å². The molecule has 0 aliphatic carbocycles. The van der Waals surface area contributed by atoms with Crippen molar-refractivity contribution < 1.29 is 19.4 Å². The molecule has 0 saturated heterocycles. The molecule has 0 saturated carbocycles. The van der Waals surface area contributed by atoms with Crippen molar-refractivity contribution >= 4 is 63.3 Å². The molecule has 0 heterocycles. The Balaban J connectivity index is 0.00000361. The molecular weight excluding hydrogens is 285 g/mol. The summed E-state index contributed by atoms with van der Waals surface area (Å²) in [5.74, 6) is -1.51. The number of aliphatic carboxylic acids is 1. The van der Waals surface area contributed by atoms with E-state index in [1.807, 2.05) is 6.07 Å². The Morgan fingerprint density at radius 2 is 1.95 bits per heavy atom. The van der Waals surface area contributed by atoms with Gasteiger partial charge < -0.3 is 15.2 Å². The molecule has 2 N–H and O–H groups in total. The third kappa shape index (κ3) is 6.67. The fraction of sp³-hybridized carbons (Fsp3) is 0.286. The van der Waals surface area contributed by atoms with Gasteiger partial charge in [-0.3, -0.25) is 0 Å². The molecule has 0 aromatic heterocycles. The summed E-state index contributed by atoms with van der Waals surface area (Å²) < 4.78 is 4.76. The number of benzene rings is 1. The number of rotatable bonds is 6. The van der Waals surface area contributed by atoms with Gasteiger partial charge >= 0.3 is 63.3 Å². The van der Waals surface area contributed by atoms with Crippen molar-refractivity contribution in [2.75, 3.05) is 6.61 Å². The van der Waals surface area contributed by atoms with Crippen molar-refractivity contribution in [3.05, 3.63) is 47.7 Å². The average Bonchev–Trinajstić information content (AvgIpc) is 2.37. The van der Waals surface area contributed by atoms with Crippen LogP contribution >= 0.6 is 0 Å². The van der Waals surface area contributed by atoms with Gasteiger partial charge in [0.1, 0.15) is 6.04 Å². The first-order valence-electron chi connectivity index (χ1n) is 5.94. The number of carboxylic acids is 1. The van der Waals surface area contributed by atoms with Crippen molar-refractivity contribution in [1.82, 2.24) is 5.32 Å². The number of nitrogens with one attached hydrogen (secondary N) is 1. The summed E-state index contributed by atoms with van der Waals surface area (Å²) in [7, 11) is 0. The first-order chi connectivity index (χ1) is 9.04. The van der Waals surface area contributed by atoms with E-state index in [1.165, 1.54) is 6.08 Å². The maximum atomic E-state index is 11.3. The topological polar surface area (TPSA) is 75.6 Å². The molecule has 20 heavy (non-hydrogen) atoms. The average molecular weight is 303 g/mol. The van der Waals surface area contributed by atoms with Crippen LogP contribution < -0.4 is 5.32 Å². The number of carbonyl (C=O) groups excluding carboxylic acids is 1. The second-order valence-electron chi connectivity index (χ2n) is 3.91. The van der Waals surface area contributed by atoms with E-state index >= 15 is 0 Å². The number of esters is 1. The molecule has 0 spiro atoms. The molecule has 0 bridgehead atoms. The molecule has 1 rings (SSSR count). The van der Waals surface area contributed by atoms with E-state index in [9.17, 15) is 14.7 Å². The van der Waals surface area contributed by atoms with Gasteiger partial charge in [-0.1, -0.05) is 30.3 Å². The number of hydrogen-bond acceptors (Lipinski definition) is 4. The van der Waals surface area contributed by atoms with Crippen LogP contribution in [-0.4, -0.2) is 75.0 Å².